The summed E-state index contributed by atoms with van der Waals surface area (Å²) in [5.74, 6) is 0.964. The molecule has 15 heavy (non-hydrogen) atoms. The van der Waals surface area contributed by atoms with Gasteiger partial charge in [0.1, 0.15) is 0 Å². The zero-order valence-corrected chi connectivity index (χ0v) is 10.5. The fourth-order valence-corrected chi connectivity index (χ4v) is 2.09. The van der Waals surface area contributed by atoms with Gasteiger partial charge in [-0.1, -0.05) is 6.92 Å². The van der Waals surface area contributed by atoms with E-state index >= 15 is 0 Å². The summed E-state index contributed by atoms with van der Waals surface area (Å²) in [6.07, 6.45) is 2.42. The van der Waals surface area contributed by atoms with Gasteiger partial charge in [-0.3, -0.25) is 9.69 Å². The van der Waals surface area contributed by atoms with E-state index in [-0.39, 0.29) is 11.4 Å². The minimum Gasteiger partial charge on any atom is -0.355 e. The van der Waals surface area contributed by atoms with Gasteiger partial charge < -0.3 is 5.32 Å². The second kappa shape index (κ2) is 4.97. The van der Waals surface area contributed by atoms with Gasteiger partial charge in [0, 0.05) is 6.54 Å². The molecule has 0 radical (unpaired) electrons. The standard InChI is InChI=1S/C12H24N2O/c1-5-13-11(15)12(3,4)14-8-6-10(2)7-9-14/h10H,5-9H2,1-4H3,(H,13,15). The third kappa shape index (κ3) is 2.94. The number of carbonyl (C=O) groups is 1. The van der Waals surface area contributed by atoms with Gasteiger partial charge in [-0.25, -0.2) is 0 Å². The molecule has 1 amide bonds. The Morgan fingerprint density at radius 1 is 1.40 bits per heavy atom. The van der Waals surface area contributed by atoms with Crippen molar-refractivity contribution < 1.29 is 4.79 Å². The van der Waals surface area contributed by atoms with Crippen LogP contribution in [0.3, 0.4) is 0 Å². The number of rotatable bonds is 3. The van der Waals surface area contributed by atoms with E-state index in [1.165, 1.54) is 12.8 Å². The number of nitrogens with zero attached hydrogens (tertiary/aromatic N) is 1. The van der Waals surface area contributed by atoms with Crippen LogP contribution in [-0.2, 0) is 4.79 Å². The van der Waals surface area contributed by atoms with Gasteiger partial charge in [-0.05, 0) is 52.6 Å². The zero-order chi connectivity index (χ0) is 11.5. The smallest absolute Gasteiger partial charge is 0.239 e. The summed E-state index contributed by atoms with van der Waals surface area (Å²) in [5.41, 5.74) is -0.351. The molecule has 3 nitrogen and oxygen atoms in total. The van der Waals surface area contributed by atoms with E-state index in [4.69, 9.17) is 0 Å². The number of carbonyl (C=O) groups excluding carboxylic acids is 1. The van der Waals surface area contributed by atoms with E-state index in [1.54, 1.807) is 0 Å². The maximum absolute atomic E-state index is 11.9. The van der Waals surface area contributed by atoms with Crippen LogP contribution < -0.4 is 5.32 Å². The van der Waals surface area contributed by atoms with Crippen molar-refractivity contribution in [3.8, 4) is 0 Å². The Labute approximate surface area is 93.2 Å². The molecule has 1 saturated heterocycles. The molecule has 0 unspecified atom stereocenters. The van der Waals surface area contributed by atoms with Crippen molar-refractivity contribution in [3.05, 3.63) is 0 Å². The van der Waals surface area contributed by atoms with Gasteiger partial charge in [0.25, 0.3) is 0 Å². The summed E-state index contributed by atoms with van der Waals surface area (Å²) < 4.78 is 0. The lowest BCUT2D eigenvalue weighted by molar-refractivity contribution is -0.132. The number of hydrogen-bond donors (Lipinski definition) is 1. The minimum atomic E-state index is -0.351. The second-order valence-corrected chi connectivity index (χ2v) is 5.09. The van der Waals surface area contributed by atoms with E-state index in [9.17, 15) is 4.79 Å². The van der Waals surface area contributed by atoms with Crippen molar-refractivity contribution >= 4 is 5.91 Å². The van der Waals surface area contributed by atoms with Crippen LogP contribution in [0.5, 0.6) is 0 Å². The molecule has 0 aromatic heterocycles. The van der Waals surface area contributed by atoms with Crippen LogP contribution in [0.25, 0.3) is 0 Å². The second-order valence-electron chi connectivity index (χ2n) is 5.09. The first-order valence-corrected chi connectivity index (χ1v) is 6.01. The highest BCUT2D eigenvalue weighted by Crippen LogP contribution is 2.23. The van der Waals surface area contributed by atoms with Crippen LogP contribution in [0.2, 0.25) is 0 Å². The fraction of sp³-hybridized carbons (Fsp3) is 0.917. The third-order valence-electron chi connectivity index (χ3n) is 3.47. The Morgan fingerprint density at radius 2 is 1.93 bits per heavy atom. The van der Waals surface area contributed by atoms with Crippen LogP contribution in [0.4, 0.5) is 0 Å². The van der Waals surface area contributed by atoms with Crippen LogP contribution in [0.1, 0.15) is 40.5 Å². The largest absolute Gasteiger partial charge is 0.355 e. The van der Waals surface area contributed by atoms with Gasteiger partial charge in [0.15, 0.2) is 0 Å². The lowest BCUT2D eigenvalue weighted by atomic mass is 9.93. The van der Waals surface area contributed by atoms with Gasteiger partial charge in [0.05, 0.1) is 5.54 Å². The van der Waals surface area contributed by atoms with Crippen LogP contribution >= 0.6 is 0 Å². The van der Waals surface area contributed by atoms with Crippen molar-refractivity contribution in [1.82, 2.24) is 10.2 Å². The van der Waals surface area contributed by atoms with Gasteiger partial charge in [-0.2, -0.15) is 0 Å². The Kier molecular flexibility index (Phi) is 4.14. The molecule has 1 N–H and O–H groups in total. The summed E-state index contributed by atoms with van der Waals surface area (Å²) in [7, 11) is 0. The first-order valence-electron chi connectivity index (χ1n) is 6.01. The van der Waals surface area contributed by atoms with Gasteiger partial charge in [0.2, 0.25) is 5.91 Å². The molecular weight excluding hydrogens is 188 g/mol. The van der Waals surface area contributed by atoms with Crippen molar-refractivity contribution in [3.63, 3.8) is 0 Å². The molecule has 88 valence electrons. The molecule has 1 heterocycles. The summed E-state index contributed by atoms with van der Waals surface area (Å²) in [6, 6.07) is 0. The topological polar surface area (TPSA) is 32.3 Å². The van der Waals surface area contributed by atoms with Crippen molar-refractivity contribution in [1.29, 1.82) is 0 Å². The molecule has 0 spiro atoms. The third-order valence-corrected chi connectivity index (χ3v) is 3.47. The number of likely N-dealkylation sites (N-methyl/N-ethyl adjacent to an activating group) is 1. The Balaban J connectivity index is 2.56. The Bertz CT molecular complexity index is 218. The number of amides is 1. The number of nitrogens with one attached hydrogen (secondary N) is 1. The van der Waals surface area contributed by atoms with Crippen molar-refractivity contribution in [2.45, 2.75) is 46.1 Å². The van der Waals surface area contributed by atoms with Crippen LogP contribution in [0.15, 0.2) is 0 Å². The van der Waals surface area contributed by atoms with E-state index in [2.05, 4.69) is 17.1 Å². The Hall–Kier alpha value is -0.570. The Morgan fingerprint density at radius 3 is 2.40 bits per heavy atom. The quantitative estimate of drug-likeness (QED) is 0.771. The van der Waals surface area contributed by atoms with Crippen molar-refractivity contribution in [2.24, 2.45) is 5.92 Å². The number of likely N-dealkylation sites (tertiary alicyclic amines) is 1. The molecule has 1 rings (SSSR count). The molecule has 1 fully saturated rings. The summed E-state index contributed by atoms with van der Waals surface area (Å²) in [5, 5.41) is 2.91. The van der Waals surface area contributed by atoms with Gasteiger partial charge in [-0.15, -0.1) is 0 Å². The average Bonchev–Trinajstić information content (AvgIpc) is 2.18. The summed E-state index contributed by atoms with van der Waals surface area (Å²) in [4.78, 5) is 14.2. The predicted molar refractivity (Wildman–Crippen MR) is 62.7 cm³/mol. The number of hydrogen-bond acceptors (Lipinski definition) is 2. The highest BCUT2D eigenvalue weighted by atomic mass is 16.2. The maximum Gasteiger partial charge on any atom is 0.239 e. The van der Waals surface area contributed by atoms with Gasteiger partial charge >= 0.3 is 0 Å². The SMILES string of the molecule is CCNC(=O)C(C)(C)N1CCC(C)CC1. The fourth-order valence-electron chi connectivity index (χ4n) is 2.09. The zero-order valence-electron chi connectivity index (χ0n) is 10.5. The van der Waals surface area contributed by atoms with E-state index in [1.807, 2.05) is 20.8 Å². The highest BCUT2D eigenvalue weighted by Gasteiger charge is 2.35. The molecule has 0 saturated carbocycles. The molecule has 1 aliphatic heterocycles. The van der Waals surface area contributed by atoms with Crippen LogP contribution in [0, 0.1) is 5.92 Å². The molecule has 3 heteroatoms. The maximum atomic E-state index is 11.9. The first-order chi connectivity index (χ1) is 6.98. The summed E-state index contributed by atoms with van der Waals surface area (Å²) >= 11 is 0. The molecule has 0 aromatic carbocycles. The van der Waals surface area contributed by atoms with E-state index in [0.717, 1.165) is 19.0 Å². The molecule has 0 atom stereocenters. The van der Waals surface area contributed by atoms with E-state index in [0.29, 0.717) is 6.54 Å². The molecule has 0 aliphatic carbocycles. The highest BCUT2D eigenvalue weighted by molar-refractivity contribution is 5.85. The lowest BCUT2D eigenvalue weighted by Crippen LogP contribution is -2.56. The normalized spacial score (nSPS) is 20.3. The lowest BCUT2D eigenvalue weighted by Gasteiger charge is -2.41. The minimum absolute atomic E-state index is 0.152. The molecule has 1 aliphatic rings. The average molecular weight is 212 g/mol. The van der Waals surface area contributed by atoms with Crippen molar-refractivity contribution in [2.75, 3.05) is 19.6 Å². The summed E-state index contributed by atoms with van der Waals surface area (Å²) in [6.45, 7) is 11.1. The molecule has 0 aromatic rings. The monoisotopic (exact) mass is 212 g/mol. The van der Waals surface area contributed by atoms with E-state index < -0.39 is 0 Å². The van der Waals surface area contributed by atoms with Crippen LogP contribution in [-0.4, -0.2) is 36.0 Å². The predicted octanol–water partition coefficient (Wildman–Crippen LogP) is 1.63. The molecule has 0 bridgehead atoms. The number of piperidine rings is 1. The first kappa shape index (κ1) is 12.5. The molecular formula is C12H24N2O.